The maximum Gasteiger partial charge on any atom is 0.323 e. The summed E-state index contributed by atoms with van der Waals surface area (Å²) in [4.78, 5) is 27.8. The second-order valence-corrected chi connectivity index (χ2v) is 5.76. The first kappa shape index (κ1) is 13.9. The van der Waals surface area contributed by atoms with Crippen molar-refractivity contribution in [2.75, 3.05) is 6.54 Å². The fourth-order valence-corrected chi connectivity index (χ4v) is 2.69. The molecule has 6 heteroatoms. The lowest BCUT2D eigenvalue weighted by molar-refractivity contribution is -0.144. The minimum atomic E-state index is -0.971. The van der Waals surface area contributed by atoms with Crippen LogP contribution in [0.5, 0.6) is 0 Å². The molecule has 1 amide bonds. The normalized spacial score (nSPS) is 14.3. The molecule has 1 aromatic carbocycles. The number of aliphatic carboxylic acids is 1. The molecule has 0 saturated heterocycles. The number of rotatable bonds is 5. The van der Waals surface area contributed by atoms with Gasteiger partial charge in [-0.15, -0.1) is 0 Å². The standard InChI is InChI=1S/C15H15ClN2O3/c16-10-1-4-12-9(7-17-13(12)6-10)5-14(19)18(8-15(20)21)11-2-3-11/h1,4,6-7,11,17H,2-3,5,8H2,(H,20,21). The number of benzene rings is 1. The van der Waals surface area contributed by atoms with E-state index < -0.39 is 5.97 Å². The maximum absolute atomic E-state index is 12.4. The van der Waals surface area contributed by atoms with Gasteiger partial charge in [0.25, 0.3) is 0 Å². The van der Waals surface area contributed by atoms with Gasteiger partial charge in [-0.05, 0) is 30.5 Å². The van der Waals surface area contributed by atoms with E-state index >= 15 is 0 Å². The van der Waals surface area contributed by atoms with E-state index in [1.807, 2.05) is 6.07 Å². The van der Waals surface area contributed by atoms with Gasteiger partial charge in [-0.1, -0.05) is 17.7 Å². The number of H-pyrrole nitrogens is 1. The Balaban J connectivity index is 1.80. The first-order valence-electron chi connectivity index (χ1n) is 6.81. The molecule has 0 aliphatic heterocycles. The number of aromatic amines is 1. The number of hydrogen-bond donors (Lipinski definition) is 2. The lowest BCUT2D eigenvalue weighted by Crippen LogP contribution is -2.38. The van der Waals surface area contributed by atoms with Crippen LogP contribution >= 0.6 is 11.6 Å². The van der Waals surface area contributed by atoms with Crippen molar-refractivity contribution < 1.29 is 14.7 Å². The van der Waals surface area contributed by atoms with Gasteiger partial charge in [0.15, 0.2) is 0 Å². The van der Waals surface area contributed by atoms with E-state index in [0.717, 1.165) is 29.3 Å². The van der Waals surface area contributed by atoms with Crippen molar-refractivity contribution in [1.29, 1.82) is 0 Å². The summed E-state index contributed by atoms with van der Waals surface area (Å²) >= 11 is 5.93. The molecule has 110 valence electrons. The van der Waals surface area contributed by atoms with Gasteiger partial charge in [0, 0.05) is 28.2 Å². The van der Waals surface area contributed by atoms with Crippen molar-refractivity contribution in [3.63, 3.8) is 0 Å². The third-order valence-corrected chi connectivity index (χ3v) is 3.92. The van der Waals surface area contributed by atoms with Gasteiger partial charge in [0.2, 0.25) is 5.91 Å². The Hall–Kier alpha value is -2.01. The predicted octanol–water partition coefficient (Wildman–Crippen LogP) is 2.44. The zero-order valence-electron chi connectivity index (χ0n) is 11.3. The molecule has 0 bridgehead atoms. The lowest BCUT2D eigenvalue weighted by Gasteiger charge is -2.20. The summed E-state index contributed by atoms with van der Waals surface area (Å²) in [6.07, 6.45) is 3.77. The Morgan fingerprint density at radius 2 is 2.14 bits per heavy atom. The molecule has 1 fully saturated rings. The molecule has 21 heavy (non-hydrogen) atoms. The van der Waals surface area contributed by atoms with Crippen LogP contribution in [0.15, 0.2) is 24.4 Å². The Morgan fingerprint density at radius 1 is 1.38 bits per heavy atom. The highest BCUT2D eigenvalue weighted by atomic mass is 35.5. The zero-order valence-corrected chi connectivity index (χ0v) is 12.1. The molecule has 1 aromatic heterocycles. The van der Waals surface area contributed by atoms with E-state index in [4.69, 9.17) is 16.7 Å². The summed E-state index contributed by atoms with van der Waals surface area (Å²) in [6.45, 7) is -0.225. The van der Waals surface area contributed by atoms with Gasteiger partial charge in [-0.2, -0.15) is 0 Å². The van der Waals surface area contributed by atoms with Crippen LogP contribution in [0.2, 0.25) is 5.02 Å². The minimum Gasteiger partial charge on any atom is -0.480 e. The Morgan fingerprint density at radius 3 is 2.81 bits per heavy atom. The number of aromatic nitrogens is 1. The molecule has 1 aliphatic rings. The maximum atomic E-state index is 12.4. The highest BCUT2D eigenvalue weighted by Gasteiger charge is 2.33. The van der Waals surface area contributed by atoms with E-state index in [0.29, 0.717) is 5.02 Å². The van der Waals surface area contributed by atoms with Crippen molar-refractivity contribution in [3.8, 4) is 0 Å². The van der Waals surface area contributed by atoms with Crippen LogP contribution in [0, 0.1) is 0 Å². The van der Waals surface area contributed by atoms with Gasteiger partial charge in [0.1, 0.15) is 6.54 Å². The molecule has 0 spiro atoms. The van der Waals surface area contributed by atoms with Crippen LogP contribution in [0.3, 0.4) is 0 Å². The summed E-state index contributed by atoms with van der Waals surface area (Å²) in [7, 11) is 0. The van der Waals surface area contributed by atoms with Crippen LogP contribution in [-0.2, 0) is 16.0 Å². The number of amides is 1. The third kappa shape index (κ3) is 3.03. The number of fused-ring (bicyclic) bond motifs is 1. The monoisotopic (exact) mass is 306 g/mol. The molecule has 1 heterocycles. The second-order valence-electron chi connectivity index (χ2n) is 5.33. The molecule has 5 nitrogen and oxygen atoms in total. The average Bonchev–Trinajstić information content (AvgIpc) is 3.19. The van der Waals surface area contributed by atoms with Crippen LogP contribution in [0.25, 0.3) is 10.9 Å². The highest BCUT2D eigenvalue weighted by molar-refractivity contribution is 6.31. The zero-order chi connectivity index (χ0) is 15.0. The summed E-state index contributed by atoms with van der Waals surface area (Å²) in [5.41, 5.74) is 1.74. The minimum absolute atomic E-state index is 0.0910. The topological polar surface area (TPSA) is 73.4 Å². The van der Waals surface area contributed by atoms with Crippen LogP contribution in [0.1, 0.15) is 18.4 Å². The molecule has 2 aromatic rings. The summed E-state index contributed by atoms with van der Waals surface area (Å²) < 4.78 is 0. The number of nitrogens with one attached hydrogen (secondary N) is 1. The number of hydrogen-bond acceptors (Lipinski definition) is 2. The number of carboxylic acid groups (broad SMARTS) is 1. The molecule has 3 rings (SSSR count). The van der Waals surface area contributed by atoms with Gasteiger partial charge < -0.3 is 15.0 Å². The van der Waals surface area contributed by atoms with Crippen molar-refractivity contribution >= 4 is 34.4 Å². The summed E-state index contributed by atoms with van der Waals surface area (Å²) in [6, 6.07) is 5.55. The fraction of sp³-hybridized carbons (Fsp3) is 0.333. The molecule has 0 radical (unpaired) electrons. The lowest BCUT2D eigenvalue weighted by atomic mass is 10.1. The molecule has 0 unspecified atom stereocenters. The number of halogens is 1. The van der Waals surface area contributed by atoms with E-state index in [1.165, 1.54) is 4.90 Å². The molecular weight excluding hydrogens is 292 g/mol. The average molecular weight is 307 g/mol. The fourth-order valence-electron chi connectivity index (χ4n) is 2.52. The van der Waals surface area contributed by atoms with E-state index in [2.05, 4.69) is 4.98 Å². The van der Waals surface area contributed by atoms with Gasteiger partial charge in [0.05, 0.1) is 6.42 Å². The number of carboxylic acids is 1. The van der Waals surface area contributed by atoms with Crippen molar-refractivity contribution in [3.05, 3.63) is 35.0 Å². The first-order chi connectivity index (χ1) is 10.0. The van der Waals surface area contributed by atoms with E-state index in [-0.39, 0.29) is 24.9 Å². The van der Waals surface area contributed by atoms with Gasteiger partial charge in [-0.25, -0.2) is 0 Å². The van der Waals surface area contributed by atoms with E-state index in [9.17, 15) is 9.59 Å². The third-order valence-electron chi connectivity index (χ3n) is 3.68. The summed E-state index contributed by atoms with van der Waals surface area (Å²) in [5, 5.41) is 10.5. The second kappa shape index (κ2) is 5.41. The highest BCUT2D eigenvalue weighted by Crippen LogP contribution is 2.28. The van der Waals surface area contributed by atoms with Crippen molar-refractivity contribution in [2.24, 2.45) is 0 Å². The summed E-state index contributed by atoms with van der Waals surface area (Å²) in [5.74, 6) is -1.11. The molecule has 2 N–H and O–H groups in total. The van der Waals surface area contributed by atoms with Crippen LogP contribution < -0.4 is 0 Å². The van der Waals surface area contributed by atoms with Gasteiger partial charge >= 0.3 is 5.97 Å². The molecule has 0 atom stereocenters. The number of carbonyl (C=O) groups excluding carboxylic acids is 1. The van der Waals surface area contributed by atoms with E-state index in [1.54, 1.807) is 18.3 Å². The Labute approximate surface area is 126 Å². The van der Waals surface area contributed by atoms with Crippen LogP contribution in [0.4, 0.5) is 0 Å². The van der Waals surface area contributed by atoms with Gasteiger partial charge in [-0.3, -0.25) is 9.59 Å². The molecule has 1 aliphatic carbocycles. The number of carbonyl (C=O) groups is 2. The molecular formula is C15H15ClN2O3. The largest absolute Gasteiger partial charge is 0.480 e. The SMILES string of the molecule is O=C(O)CN(C(=O)Cc1c[nH]c2cc(Cl)ccc12)C1CC1. The van der Waals surface area contributed by atoms with Crippen molar-refractivity contribution in [1.82, 2.24) is 9.88 Å². The predicted molar refractivity (Wildman–Crippen MR) is 79.4 cm³/mol. The Bertz CT molecular complexity index is 706. The Kier molecular flexibility index (Phi) is 3.59. The number of nitrogens with zero attached hydrogens (tertiary/aromatic N) is 1. The quantitative estimate of drug-likeness (QED) is 0.891. The molecule has 1 saturated carbocycles. The smallest absolute Gasteiger partial charge is 0.323 e. The van der Waals surface area contributed by atoms with Crippen LogP contribution in [-0.4, -0.2) is 39.5 Å². The first-order valence-corrected chi connectivity index (χ1v) is 7.19. The van der Waals surface area contributed by atoms with Crippen molar-refractivity contribution in [2.45, 2.75) is 25.3 Å².